The molecule has 138 valence electrons. The molecule has 1 aliphatic heterocycles. The van der Waals surface area contributed by atoms with E-state index in [0.717, 1.165) is 38.5 Å². The predicted molar refractivity (Wildman–Crippen MR) is 84.7 cm³/mol. The van der Waals surface area contributed by atoms with Crippen molar-refractivity contribution in [3.8, 4) is 11.5 Å². The molecule has 2 N–H and O–H groups in total. The Morgan fingerprint density at radius 1 is 1.12 bits per heavy atom. The van der Waals surface area contributed by atoms with Crippen LogP contribution in [0.1, 0.15) is 38.5 Å². The molecule has 0 radical (unpaired) electrons. The molecule has 3 rings (SSSR count). The molecule has 1 aliphatic carbocycles. The highest BCUT2D eigenvalue weighted by Crippen LogP contribution is 2.46. The maximum absolute atomic E-state index is 13.6. The third-order valence-corrected chi connectivity index (χ3v) is 4.49. The Labute approximate surface area is 147 Å². The lowest BCUT2D eigenvalue weighted by Gasteiger charge is -2.30. The largest absolute Gasteiger partial charge is 0.492 e. The standard InChI is InChI=1S/C16H18ClF3N2O3/c17-10-7-8-12-13(9-10)25-16(24-12,15(18,19)20)22-14(23)21-11-5-3-1-2-4-6-11/h7-9,11H,1-6H2,(H2,21,22,23)/t16-/m0/s1. The monoisotopic (exact) mass is 378 g/mol. The van der Waals surface area contributed by atoms with E-state index in [0.29, 0.717) is 0 Å². The third kappa shape index (κ3) is 3.89. The molecule has 0 aromatic heterocycles. The molecule has 25 heavy (non-hydrogen) atoms. The van der Waals surface area contributed by atoms with Gasteiger partial charge in [0.1, 0.15) is 0 Å². The number of benzene rings is 1. The molecule has 1 fully saturated rings. The highest BCUT2D eigenvalue weighted by Gasteiger charge is 2.65. The van der Waals surface area contributed by atoms with Crippen LogP contribution in [0, 0.1) is 0 Å². The highest BCUT2D eigenvalue weighted by atomic mass is 35.5. The number of alkyl halides is 3. The van der Waals surface area contributed by atoms with Crippen LogP contribution in [0.25, 0.3) is 0 Å². The van der Waals surface area contributed by atoms with Gasteiger partial charge >= 0.3 is 18.1 Å². The maximum atomic E-state index is 13.6. The first-order valence-electron chi connectivity index (χ1n) is 8.12. The topological polar surface area (TPSA) is 59.6 Å². The van der Waals surface area contributed by atoms with Crippen LogP contribution in [0.4, 0.5) is 18.0 Å². The Morgan fingerprint density at radius 3 is 2.40 bits per heavy atom. The smallest absolute Gasteiger partial charge is 0.424 e. The summed E-state index contributed by atoms with van der Waals surface area (Å²) in [5.74, 6) is -3.59. The number of amides is 2. The number of rotatable bonds is 2. The number of urea groups is 1. The lowest BCUT2D eigenvalue weighted by molar-refractivity contribution is -0.317. The first-order valence-corrected chi connectivity index (χ1v) is 8.50. The zero-order chi connectivity index (χ0) is 18.1. The summed E-state index contributed by atoms with van der Waals surface area (Å²) >= 11 is 5.76. The summed E-state index contributed by atoms with van der Waals surface area (Å²) in [5.41, 5.74) is 0. The van der Waals surface area contributed by atoms with Crippen molar-refractivity contribution >= 4 is 17.6 Å². The lowest BCUT2D eigenvalue weighted by Crippen LogP contribution is -2.66. The summed E-state index contributed by atoms with van der Waals surface area (Å²) in [7, 11) is 0. The number of hydrogen-bond acceptors (Lipinski definition) is 3. The Bertz CT molecular complexity index is 648. The zero-order valence-electron chi connectivity index (χ0n) is 13.3. The summed E-state index contributed by atoms with van der Waals surface area (Å²) in [6, 6.07) is 2.70. The number of nitrogens with one attached hydrogen (secondary N) is 2. The minimum absolute atomic E-state index is 0.142. The van der Waals surface area contributed by atoms with Crippen LogP contribution in [0.15, 0.2) is 18.2 Å². The highest BCUT2D eigenvalue weighted by molar-refractivity contribution is 6.30. The first kappa shape index (κ1) is 18.0. The second-order valence-corrected chi connectivity index (χ2v) is 6.63. The molecule has 2 amide bonds. The van der Waals surface area contributed by atoms with E-state index in [1.165, 1.54) is 18.2 Å². The molecule has 5 nitrogen and oxygen atoms in total. The third-order valence-electron chi connectivity index (χ3n) is 4.25. The van der Waals surface area contributed by atoms with E-state index in [4.69, 9.17) is 21.1 Å². The number of hydrogen-bond donors (Lipinski definition) is 2. The van der Waals surface area contributed by atoms with Crippen LogP contribution in [0.2, 0.25) is 5.02 Å². The summed E-state index contributed by atoms with van der Waals surface area (Å²) < 4.78 is 50.5. The minimum Gasteiger partial charge on any atom is -0.424 e. The Hall–Kier alpha value is -1.83. The van der Waals surface area contributed by atoms with Crippen LogP contribution in [0.3, 0.4) is 0 Å². The van der Waals surface area contributed by atoms with Gasteiger partial charge in [-0.15, -0.1) is 0 Å². The predicted octanol–water partition coefficient (Wildman–Crippen LogP) is 4.35. The number of carbonyl (C=O) groups is 1. The van der Waals surface area contributed by atoms with Gasteiger partial charge in [-0.1, -0.05) is 37.3 Å². The SMILES string of the molecule is O=C(NC1CCCCCC1)N[C@@]1(C(F)(F)F)Oc2ccc(Cl)cc2O1. The molecule has 1 aromatic rings. The van der Waals surface area contributed by atoms with Gasteiger partial charge < -0.3 is 14.8 Å². The normalized spacial score (nSPS) is 23.8. The summed E-state index contributed by atoms with van der Waals surface area (Å²) in [5, 5.41) is 4.59. The van der Waals surface area contributed by atoms with Gasteiger partial charge in [-0.2, -0.15) is 13.2 Å². The van der Waals surface area contributed by atoms with E-state index >= 15 is 0 Å². The van der Waals surface area contributed by atoms with Crippen molar-refractivity contribution in [1.29, 1.82) is 0 Å². The number of halogens is 4. The first-order chi connectivity index (χ1) is 11.8. The van der Waals surface area contributed by atoms with Crippen LogP contribution in [-0.2, 0) is 0 Å². The van der Waals surface area contributed by atoms with Gasteiger partial charge in [0.2, 0.25) is 0 Å². The molecule has 1 aromatic carbocycles. The molecule has 0 bridgehead atoms. The molecule has 1 atom stereocenters. The number of carbonyl (C=O) groups excluding carboxylic acids is 1. The van der Waals surface area contributed by atoms with Crippen molar-refractivity contribution in [2.24, 2.45) is 0 Å². The van der Waals surface area contributed by atoms with Crippen LogP contribution in [-0.4, -0.2) is 24.2 Å². The second kappa shape index (κ2) is 6.82. The Morgan fingerprint density at radius 2 is 1.76 bits per heavy atom. The van der Waals surface area contributed by atoms with E-state index in [1.807, 2.05) is 0 Å². The van der Waals surface area contributed by atoms with Crippen molar-refractivity contribution in [3.05, 3.63) is 23.2 Å². The Kier molecular flexibility index (Phi) is 4.90. The van der Waals surface area contributed by atoms with Gasteiger partial charge in [-0.3, -0.25) is 5.32 Å². The van der Waals surface area contributed by atoms with Crippen molar-refractivity contribution in [1.82, 2.24) is 10.6 Å². The van der Waals surface area contributed by atoms with Gasteiger partial charge in [0.25, 0.3) is 0 Å². The van der Waals surface area contributed by atoms with Crippen LogP contribution in [0.5, 0.6) is 11.5 Å². The Balaban J connectivity index is 1.73. The van der Waals surface area contributed by atoms with E-state index < -0.39 is 18.1 Å². The van der Waals surface area contributed by atoms with E-state index in [9.17, 15) is 18.0 Å². The van der Waals surface area contributed by atoms with Gasteiger partial charge in [-0.25, -0.2) is 4.79 Å². The van der Waals surface area contributed by atoms with Crippen molar-refractivity contribution in [2.75, 3.05) is 0 Å². The van der Waals surface area contributed by atoms with Gasteiger partial charge in [-0.05, 0) is 25.0 Å². The molecule has 2 aliphatic rings. The van der Waals surface area contributed by atoms with Gasteiger partial charge in [0, 0.05) is 17.1 Å². The van der Waals surface area contributed by atoms with Crippen molar-refractivity contribution in [3.63, 3.8) is 0 Å². The molecule has 0 saturated heterocycles. The maximum Gasteiger partial charge on any atom is 0.492 e. The van der Waals surface area contributed by atoms with Gasteiger partial charge in [0.05, 0.1) is 0 Å². The average Bonchev–Trinajstić information content (AvgIpc) is 2.69. The van der Waals surface area contributed by atoms with Crippen molar-refractivity contribution < 1.29 is 27.4 Å². The fraction of sp³-hybridized carbons (Fsp3) is 0.562. The summed E-state index contributed by atoms with van der Waals surface area (Å²) in [6.07, 6.45) is 0.495. The van der Waals surface area contributed by atoms with Gasteiger partial charge in [0.15, 0.2) is 11.5 Å². The molecule has 0 unspecified atom stereocenters. The number of ether oxygens (including phenoxy) is 2. The molecular weight excluding hydrogens is 361 g/mol. The average molecular weight is 379 g/mol. The molecule has 0 spiro atoms. The molecular formula is C16H18ClF3N2O3. The van der Waals surface area contributed by atoms with E-state index in [-0.39, 0.29) is 22.6 Å². The zero-order valence-corrected chi connectivity index (χ0v) is 14.0. The molecule has 1 saturated carbocycles. The molecule has 1 heterocycles. The fourth-order valence-corrected chi connectivity index (χ4v) is 3.17. The quantitative estimate of drug-likeness (QED) is 0.752. The second-order valence-electron chi connectivity index (χ2n) is 6.20. The van der Waals surface area contributed by atoms with E-state index in [2.05, 4.69) is 5.32 Å². The fourth-order valence-electron chi connectivity index (χ4n) is 3.01. The minimum atomic E-state index is -4.99. The van der Waals surface area contributed by atoms with Crippen molar-refractivity contribution in [2.45, 2.75) is 56.7 Å². The lowest BCUT2D eigenvalue weighted by atomic mass is 10.1. The van der Waals surface area contributed by atoms with E-state index in [1.54, 1.807) is 5.32 Å². The van der Waals surface area contributed by atoms with Crippen LogP contribution >= 0.6 is 11.6 Å². The summed E-state index contributed by atoms with van der Waals surface area (Å²) in [6.45, 7) is 0. The van der Waals surface area contributed by atoms with Crippen LogP contribution < -0.4 is 20.1 Å². The number of fused-ring (bicyclic) bond motifs is 1. The molecule has 9 heteroatoms. The summed E-state index contributed by atoms with van der Waals surface area (Å²) in [4.78, 5) is 12.1.